The molecule has 168 valence electrons. The van der Waals surface area contributed by atoms with Crippen molar-refractivity contribution in [3.05, 3.63) is 0 Å². The molecule has 6 nitrogen and oxygen atoms in total. The van der Waals surface area contributed by atoms with Gasteiger partial charge in [-0.3, -0.25) is 9.69 Å². The van der Waals surface area contributed by atoms with E-state index in [1.54, 1.807) is 0 Å². The Morgan fingerprint density at radius 1 is 0.893 bits per heavy atom. The molecule has 0 aromatic carbocycles. The molecule has 0 radical (unpaired) electrons. The van der Waals surface area contributed by atoms with Gasteiger partial charge in [0.1, 0.15) is 0 Å². The number of carbonyl (C=O) groups is 1. The number of nitrogens with zero attached hydrogens (tertiary/aromatic N) is 2. The van der Waals surface area contributed by atoms with Crippen LogP contribution in [0, 0.1) is 11.8 Å². The third-order valence-corrected chi connectivity index (χ3v) is 6.73. The summed E-state index contributed by atoms with van der Waals surface area (Å²) in [5.41, 5.74) is 0. The monoisotopic (exact) mass is 490 g/mol. The summed E-state index contributed by atoms with van der Waals surface area (Å²) in [5, 5.41) is 15.8. The summed E-state index contributed by atoms with van der Waals surface area (Å²) in [4.78, 5) is 13.6. The number of hydrogen-bond donors (Lipinski definition) is 2. The van der Waals surface area contributed by atoms with Gasteiger partial charge in [0.2, 0.25) is 0 Å². The van der Waals surface area contributed by atoms with Gasteiger partial charge < -0.3 is 19.8 Å². The molecule has 28 heavy (non-hydrogen) atoms. The zero-order valence-electron chi connectivity index (χ0n) is 17.4. The Bertz CT molecular complexity index is 358. The fourth-order valence-corrected chi connectivity index (χ4v) is 4.71. The normalized spacial score (nSPS) is 32.8. The number of piperidine rings is 1. The predicted octanol–water partition coefficient (Wildman–Crippen LogP) is 2.45. The average Bonchev–Trinajstić information content (AvgIpc) is 2.63. The summed E-state index contributed by atoms with van der Waals surface area (Å²) in [6.07, 6.45) is 11.0. The first-order valence-corrected chi connectivity index (χ1v) is 11.0. The van der Waals surface area contributed by atoms with Crippen molar-refractivity contribution in [2.45, 2.75) is 70.4 Å². The minimum atomic E-state index is -0.250. The first kappa shape index (κ1) is 26.0. The van der Waals surface area contributed by atoms with E-state index in [-0.39, 0.29) is 26.9 Å². The van der Waals surface area contributed by atoms with Crippen molar-refractivity contribution in [3.8, 4) is 0 Å². The van der Waals surface area contributed by atoms with E-state index in [1.165, 1.54) is 77.5 Å². The van der Waals surface area contributed by atoms with Gasteiger partial charge in [0.15, 0.2) is 0 Å². The molecule has 0 aromatic heterocycles. The standard InChI is InChI=1S/2C10H19NO.CH2O2.Pd/c1-2-9-7-10(8-9)11-3-5-12-6-4-11;12-8-9-6-10(7-9)11-4-2-1-3-5-11;2-1-3;/h9-10H,2-8H2,1H3;9-10,12H,1-8H2;1H,(H,2,3);. The van der Waals surface area contributed by atoms with Gasteiger partial charge in [-0.25, -0.2) is 0 Å². The number of morpholine rings is 1. The van der Waals surface area contributed by atoms with Crippen LogP contribution in [0.15, 0.2) is 0 Å². The Hall–Kier alpha value is -0.0277. The van der Waals surface area contributed by atoms with Gasteiger partial charge in [0, 0.05) is 52.2 Å². The SMILES string of the molecule is CCC1CC(N2CCOCC2)C1.O=CO.OCC1CC(N2CCCCC2)C1.[Pd]. The molecule has 4 fully saturated rings. The summed E-state index contributed by atoms with van der Waals surface area (Å²) in [6, 6.07) is 1.72. The molecular formula is C21H40N2O4Pd. The second-order valence-corrected chi connectivity index (χ2v) is 8.42. The average molecular weight is 491 g/mol. The molecule has 0 atom stereocenters. The maximum Gasteiger partial charge on any atom is 0.290 e. The molecule has 4 aliphatic rings. The van der Waals surface area contributed by atoms with Crippen LogP contribution in [0.3, 0.4) is 0 Å². The van der Waals surface area contributed by atoms with Gasteiger partial charge in [0.25, 0.3) is 6.47 Å². The Kier molecular flexibility index (Phi) is 13.8. The Balaban J connectivity index is 0.000000239. The molecule has 0 spiro atoms. The molecule has 0 aromatic rings. The third kappa shape index (κ3) is 8.38. The van der Waals surface area contributed by atoms with Crippen LogP contribution in [0.4, 0.5) is 0 Å². The van der Waals surface area contributed by atoms with Crippen molar-refractivity contribution in [2.75, 3.05) is 46.0 Å². The van der Waals surface area contributed by atoms with Gasteiger partial charge in [-0.1, -0.05) is 19.8 Å². The van der Waals surface area contributed by atoms with Crippen molar-refractivity contribution in [3.63, 3.8) is 0 Å². The number of ether oxygens (including phenoxy) is 1. The number of carboxylic acid groups (broad SMARTS) is 1. The van der Waals surface area contributed by atoms with Crippen LogP contribution in [0.25, 0.3) is 0 Å². The van der Waals surface area contributed by atoms with Crippen LogP contribution in [0.1, 0.15) is 58.3 Å². The van der Waals surface area contributed by atoms with Gasteiger partial charge in [0.05, 0.1) is 13.2 Å². The van der Waals surface area contributed by atoms with Crippen molar-refractivity contribution in [2.24, 2.45) is 11.8 Å². The summed E-state index contributed by atoms with van der Waals surface area (Å²) in [6.45, 7) is 9.32. The van der Waals surface area contributed by atoms with E-state index < -0.39 is 0 Å². The Labute approximate surface area is 184 Å². The van der Waals surface area contributed by atoms with Gasteiger partial charge in [-0.15, -0.1) is 0 Å². The molecule has 7 heteroatoms. The van der Waals surface area contributed by atoms with Crippen LogP contribution < -0.4 is 0 Å². The van der Waals surface area contributed by atoms with E-state index in [1.807, 2.05) is 0 Å². The number of aliphatic hydroxyl groups excluding tert-OH is 1. The number of likely N-dealkylation sites (tertiary alicyclic amines) is 1. The summed E-state index contributed by atoms with van der Waals surface area (Å²) in [7, 11) is 0. The molecule has 2 saturated carbocycles. The second-order valence-electron chi connectivity index (χ2n) is 8.42. The van der Waals surface area contributed by atoms with Gasteiger partial charge in [-0.05, 0) is 63.5 Å². The molecule has 4 rings (SSSR count). The third-order valence-electron chi connectivity index (χ3n) is 6.73. The molecule has 2 aliphatic carbocycles. The number of aliphatic hydroxyl groups is 1. The zero-order chi connectivity index (χ0) is 19.5. The summed E-state index contributed by atoms with van der Waals surface area (Å²) < 4.78 is 5.33. The molecular weight excluding hydrogens is 451 g/mol. The fraction of sp³-hybridized carbons (Fsp3) is 0.952. The first-order chi connectivity index (χ1) is 13.2. The fourth-order valence-electron chi connectivity index (χ4n) is 4.71. The minimum absolute atomic E-state index is 0. The maximum absolute atomic E-state index is 8.88. The van der Waals surface area contributed by atoms with Crippen molar-refractivity contribution < 1.29 is 40.2 Å². The van der Waals surface area contributed by atoms with E-state index in [0.29, 0.717) is 12.5 Å². The predicted molar refractivity (Wildman–Crippen MR) is 107 cm³/mol. The quantitative estimate of drug-likeness (QED) is 0.466. The van der Waals surface area contributed by atoms with Crippen LogP contribution in [-0.4, -0.2) is 84.6 Å². The van der Waals surface area contributed by atoms with Gasteiger partial charge >= 0.3 is 0 Å². The van der Waals surface area contributed by atoms with E-state index in [2.05, 4.69) is 16.7 Å². The van der Waals surface area contributed by atoms with Crippen LogP contribution in [-0.2, 0) is 30.0 Å². The first-order valence-electron chi connectivity index (χ1n) is 11.0. The maximum atomic E-state index is 8.88. The van der Waals surface area contributed by atoms with E-state index in [9.17, 15) is 0 Å². The zero-order valence-corrected chi connectivity index (χ0v) is 19.0. The topological polar surface area (TPSA) is 73.2 Å². The van der Waals surface area contributed by atoms with Crippen molar-refractivity contribution in [1.29, 1.82) is 0 Å². The van der Waals surface area contributed by atoms with Crippen LogP contribution in [0.2, 0.25) is 0 Å². The molecule has 0 unspecified atom stereocenters. The molecule has 0 bridgehead atoms. The number of rotatable bonds is 4. The van der Waals surface area contributed by atoms with E-state index >= 15 is 0 Å². The van der Waals surface area contributed by atoms with E-state index in [0.717, 1.165) is 31.2 Å². The van der Waals surface area contributed by atoms with E-state index in [4.69, 9.17) is 19.7 Å². The molecule has 2 heterocycles. The molecule has 2 saturated heterocycles. The molecule has 2 aliphatic heterocycles. The Morgan fingerprint density at radius 2 is 1.36 bits per heavy atom. The van der Waals surface area contributed by atoms with Crippen molar-refractivity contribution in [1.82, 2.24) is 9.80 Å². The Morgan fingerprint density at radius 3 is 1.82 bits per heavy atom. The second kappa shape index (κ2) is 14.9. The molecule has 0 amide bonds. The van der Waals surface area contributed by atoms with Crippen molar-refractivity contribution >= 4 is 6.47 Å². The minimum Gasteiger partial charge on any atom is -0.483 e. The molecule has 2 N–H and O–H groups in total. The number of hydrogen-bond acceptors (Lipinski definition) is 5. The summed E-state index contributed by atoms with van der Waals surface area (Å²) >= 11 is 0. The largest absolute Gasteiger partial charge is 0.483 e. The van der Waals surface area contributed by atoms with Crippen LogP contribution >= 0.6 is 0 Å². The van der Waals surface area contributed by atoms with Gasteiger partial charge in [-0.2, -0.15) is 0 Å². The smallest absolute Gasteiger partial charge is 0.290 e. The summed E-state index contributed by atoms with van der Waals surface area (Å²) in [5.74, 6) is 1.65. The van der Waals surface area contributed by atoms with Crippen LogP contribution in [0.5, 0.6) is 0 Å².